The number of amides is 2. The third-order valence-corrected chi connectivity index (χ3v) is 4.14. The van der Waals surface area contributed by atoms with Crippen molar-refractivity contribution in [1.82, 2.24) is 4.90 Å². The number of anilines is 1. The molecule has 0 unspecified atom stereocenters. The summed E-state index contributed by atoms with van der Waals surface area (Å²) in [5.41, 5.74) is 0.282. The topological polar surface area (TPSA) is 106 Å². The minimum absolute atomic E-state index is 0.0870. The summed E-state index contributed by atoms with van der Waals surface area (Å²) in [5, 5.41) is 13.5. The zero-order chi connectivity index (χ0) is 17.8. The highest BCUT2D eigenvalue weighted by molar-refractivity contribution is 5.95. The predicted octanol–water partition coefficient (Wildman–Crippen LogP) is 2.68. The van der Waals surface area contributed by atoms with Crippen LogP contribution in [0.1, 0.15) is 23.4 Å². The number of nitrogens with one attached hydrogen (secondary N) is 1. The van der Waals surface area contributed by atoms with Gasteiger partial charge in [-0.3, -0.25) is 19.7 Å². The van der Waals surface area contributed by atoms with E-state index in [1.807, 2.05) is 0 Å². The van der Waals surface area contributed by atoms with Gasteiger partial charge in [-0.1, -0.05) is 6.07 Å². The first-order chi connectivity index (χ1) is 12.0. The van der Waals surface area contributed by atoms with E-state index in [0.717, 1.165) is 0 Å². The standard InChI is InChI=1S/C17H17N3O5/c21-16(18-13-5-1-6-14(10-13)20(23)24)12-4-2-8-19(11-12)17(22)15-7-3-9-25-15/h1,3,5-7,9-10,12H,2,4,8,11H2,(H,18,21)/t12-/m0/s1. The Balaban J connectivity index is 1.65. The molecule has 0 spiro atoms. The summed E-state index contributed by atoms with van der Waals surface area (Å²) in [5.74, 6) is -0.609. The maximum atomic E-state index is 12.5. The Hall–Kier alpha value is -3.16. The van der Waals surface area contributed by atoms with Crippen molar-refractivity contribution in [1.29, 1.82) is 0 Å². The lowest BCUT2D eigenvalue weighted by molar-refractivity contribution is -0.384. The van der Waals surface area contributed by atoms with Crippen molar-refractivity contribution in [2.75, 3.05) is 18.4 Å². The fraction of sp³-hybridized carbons (Fsp3) is 0.294. The second-order valence-electron chi connectivity index (χ2n) is 5.86. The van der Waals surface area contributed by atoms with Gasteiger partial charge in [0.2, 0.25) is 5.91 Å². The molecule has 2 aromatic rings. The van der Waals surface area contributed by atoms with Crippen LogP contribution < -0.4 is 5.32 Å². The maximum Gasteiger partial charge on any atom is 0.289 e. The molecule has 2 amide bonds. The number of carbonyl (C=O) groups is 2. The second kappa shape index (κ2) is 7.16. The molecule has 1 aliphatic rings. The Morgan fingerprint density at radius 3 is 2.84 bits per heavy atom. The maximum absolute atomic E-state index is 12.5. The van der Waals surface area contributed by atoms with E-state index in [-0.39, 0.29) is 29.2 Å². The van der Waals surface area contributed by atoms with E-state index < -0.39 is 4.92 Å². The molecule has 0 bridgehead atoms. The van der Waals surface area contributed by atoms with Gasteiger partial charge in [-0.2, -0.15) is 0 Å². The minimum Gasteiger partial charge on any atom is -0.459 e. The fourth-order valence-electron chi connectivity index (χ4n) is 2.87. The highest BCUT2D eigenvalue weighted by Crippen LogP contribution is 2.22. The van der Waals surface area contributed by atoms with E-state index in [1.165, 1.54) is 24.5 Å². The molecule has 3 rings (SSSR count). The number of rotatable bonds is 4. The van der Waals surface area contributed by atoms with E-state index in [2.05, 4.69) is 5.32 Å². The fourth-order valence-corrected chi connectivity index (χ4v) is 2.87. The van der Waals surface area contributed by atoms with Crippen LogP contribution >= 0.6 is 0 Å². The monoisotopic (exact) mass is 343 g/mol. The van der Waals surface area contributed by atoms with Gasteiger partial charge >= 0.3 is 0 Å². The van der Waals surface area contributed by atoms with Crippen molar-refractivity contribution in [3.05, 3.63) is 58.5 Å². The summed E-state index contributed by atoms with van der Waals surface area (Å²) >= 11 is 0. The van der Waals surface area contributed by atoms with Crippen LogP contribution in [0.5, 0.6) is 0 Å². The Morgan fingerprint density at radius 2 is 2.12 bits per heavy atom. The lowest BCUT2D eigenvalue weighted by atomic mass is 9.96. The van der Waals surface area contributed by atoms with Crippen molar-refractivity contribution in [2.45, 2.75) is 12.8 Å². The molecule has 2 heterocycles. The number of nitro groups is 1. The average Bonchev–Trinajstić information content (AvgIpc) is 3.16. The van der Waals surface area contributed by atoms with E-state index in [9.17, 15) is 19.7 Å². The zero-order valence-electron chi connectivity index (χ0n) is 13.4. The van der Waals surface area contributed by atoms with Gasteiger partial charge in [0.15, 0.2) is 5.76 Å². The van der Waals surface area contributed by atoms with E-state index in [4.69, 9.17) is 4.42 Å². The molecule has 0 saturated carbocycles. The number of hydrogen-bond acceptors (Lipinski definition) is 5. The van der Waals surface area contributed by atoms with Crippen molar-refractivity contribution in [3.63, 3.8) is 0 Å². The number of nitro benzene ring substituents is 1. The summed E-state index contributed by atoms with van der Waals surface area (Å²) < 4.78 is 5.12. The molecule has 1 fully saturated rings. The number of likely N-dealkylation sites (tertiary alicyclic amines) is 1. The molecule has 1 aliphatic heterocycles. The quantitative estimate of drug-likeness (QED) is 0.678. The lowest BCUT2D eigenvalue weighted by Crippen LogP contribution is -2.43. The normalized spacial score (nSPS) is 17.1. The predicted molar refractivity (Wildman–Crippen MR) is 89.1 cm³/mol. The minimum atomic E-state index is -0.514. The van der Waals surface area contributed by atoms with Gasteiger partial charge in [0.05, 0.1) is 17.1 Å². The molecule has 25 heavy (non-hydrogen) atoms. The lowest BCUT2D eigenvalue weighted by Gasteiger charge is -2.31. The van der Waals surface area contributed by atoms with Crippen molar-refractivity contribution < 1.29 is 18.9 Å². The Morgan fingerprint density at radius 1 is 1.28 bits per heavy atom. The largest absolute Gasteiger partial charge is 0.459 e. The summed E-state index contributed by atoms with van der Waals surface area (Å²) in [6.07, 6.45) is 2.80. The molecule has 0 radical (unpaired) electrons. The van der Waals surface area contributed by atoms with Crippen LogP contribution in [0, 0.1) is 16.0 Å². The number of carbonyl (C=O) groups excluding carboxylic acids is 2. The van der Waals surface area contributed by atoms with Gasteiger partial charge in [-0.05, 0) is 31.0 Å². The molecule has 8 nitrogen and oxygen atoms in total. The first-order valence-electron chi connectivity index (χ1n) is 7.92. The molecule has 1 atom stereocenters. The van der Waals surface area contributed by atoms with Gasteiger partial charge in [0, 0.05) is 30.9 Å². The summed E-state index contributed by atoms with van der Waals surface area (Å²) in [7, 11) is 0. The Kier molecular flexibility index (Phi) is 4.78. The molecular weight excluding hydrogens is 326 g/mol. The van der Waals surface area contributed by atoms with Crippen LogP contribution in [-0.2, 0) is 4.79 Å². The van der Waals surface area contributed by atoms with Gasteiger partial charge < -0.3 is 14.6 Å². The molecule has 1 N–H and O–H groups in total. The van der Waals surface area contributed by atoms with Crippen LogP contribution in [0.25, 0.3) is 0 Å². The van der Waals surface area contributed by atoms with Crippen molar-refractivity contribution in [3.8, 4) is 0 Å². The number of nitrogens with zero attached hydrogens (tertiary/aromatic N) is 2. The van der Waals surface area contributed by atoms with Gasteiger partial charge in [0.25, 0.3) is 11.6 Å². The highest BCUT2D eigenvalue weighted by Gasteiger charge is 2.30. The Bertz CT molecular complexity index is 787. The molecule has 1 saturated heterocycles. The number of furan rings is 1. The van der Waals surface area contributed by atoms with E-state index in [0.29, 0.717) is 31.6 Å². The van der Waals surface area contributed by atoms with Crippen LogP contribution in [0.3, 0.4) is 0 Å². The summed E-state index contributed by atoms with van der Waals surface area (Å²) in [4.78, 5) is 36.7. The van der Waals surface area contributed by atoms with Crippen molar-refractivity contribution >= 4 is 23.2 Å². The zero-order valence-corrected chi connectivity index (χ0v) is 13.4. The molecule has 130 valence electrons. The highest BCUT2D eigenvalue weighted by atomic mass is 16.6. The summed E-state index contributed by atoms with van der Waals surface area (Å²) in [6, 6.07) is 9.02. The third kappa shape index (κ3) is 3.85. The van der Waals surface area contributed by atoms with Gasteiger partial charge in [-0.15, -0.1) is 0 Å². The smallest absolute Gasteiger partial charge is 0.289 e. The molecular formula is C17H17N3O5. The van der Waals surface area contributed by atoms with Gasteiger partial charge in [0.1, 0.15) is 0 Å². The van der Waals surface area contributed by atoms with Crippen LogP contribution in [0.4, 0.5) is 11.4 Å². The third-order valence-electron chi connectivity index (χ3n) is 4.14. The number of hydrogen-bond donors (Lipinski definition) is 1. The average molecular weight is 343 g/mol. The van der Waals surface area contributed by atoms with Crippen LogP contribution in [0.15, 0.2) is 47.1 Å². The molecule has 8 heteroatoms. The number of benzene rings is 1. The summed E-state index contributed by atoms with van der Waals surface area (Å²) in [6.45, 7) is 0.862. The Labute approximate surface area is 143 Å². The van der Waals surface area contributed by atoms with Crippen molar-refractivity contribution in [2.24, 2.45) is 5.92 Å². The van der Waals surface area contributed by atoms with Crippen LogP contribution in [0.2, 0.25) is 0 Å². The molecule has 1 aromatic carbocycles. The first kappa shape index (κ1) is 16.7. The van der Waals surface area contributed by atoms with E-state index in [1.54, 1.807) is 23.1 Å². The van der Waals surface area contributed by atoms with Gasteiger partial charge in [-0.25, -0.2) is 0 Å². The number of piperidine rings is 1. The SMILES string of the molecule is O=C(Nc1cccc([N+](=O)[O-])c1)[C@H]1CCCN(C(=O)c2ccco2)C1. The first-order valence-corrected chi connectivity index (χ1v) is 7.92. The second-order valence-corrected chi connectivity index (χ2v) is 5.86. The number of non-ortho nitro benzene ring substituents is 1. The van der Waals surface area contributed by atoms with E-state index >= 15 is 0 Å². The molecule has 1 aromatic heterocycles. The molecule has 0 aliphatic carbocycles. The van der Waals surface area contributed by atoms with Crippen LogP contribution in [-0.4, -0.2) is 34.7 Å².